The van der Waals surface area contributed by atoms with Gasteiger partial charge in [0.2, 0.25) is 6.41 Å². The molecule has 2 aromatic rings. The van der Waals surface area contributed by atoms with E-state index in [0.717, 1.165) is 25.7 Å². The highest BCUT2D eigenvalue weighted by Gasteiger charge is 2.28. The predicted octanol–water partition coefficient (Wildman–Crippen LogP) is 4.38. The Morgan fingerprint density at radius 1 is 1.00 bits per heavy atom. The van der Waals surface area contributed by atoms with Crippen molar-refractivity contribution in [2.24, 2.45) is 0 Å². The zero-order chi connectivity index (χ0) is 16.1. The Morgan fingerprint density at radius 2 is 1.61 bits per heavy atom. The van der Waals surface area contributed by atoms with Gasteiger partial charge in [-0.25, -0.2) is 5.06 Å². The van der Waals surface area contributed by atoms with Gasteiger partial charge in [-0.2, -0.15) is 0 Å². The lowest BCUT2D eigenvalue weighted by molar-refractivity contribution is -0.173. The molecular weight excluding hydrogens is 286 g/mol. The Kier molecular flexibility index (Phi) is 5.09. The topological polar surface area (TPSA) is 29.5 Å². The number of fused-ring (bicyclic) bond motifs is 3. The highest BCUT2D eigenvalue weighted by Crippen LogP contribution is 2.44. The summed E-state index contributed by atoms with van der Waals surface area (Å²) < 4.78 is 0. The molecule has 0 spiro atoms. The number of carbonyl (C=O) groups is 1. The Balaban J connectivity index is 1.74. The maximum absolute atomic E-state index is 11.2. The molecule has 0 radical (unpaired) electrons. The summed E-state index contributed by atoms with van der Waals surface area (Å²) >= 11 is 0. The number of rotatable bonds is 8. The number of hydroxylamine groups is 2. The van der Waals surface area contributed by atoms with Crippen LogP contribution in [0.25, 0.3) is 11.1 Å². The molecule has 1 aliphatic carbocycles. The van der Waals surface area contributed by atoms with Gasteiger partial charge in [-0.1, -0.05) is 68.3 Å². The first-order chi connectivity index (χ1) is 11.3. The van der Waals surface area contributed by atoms with Crippen LogP contribution in [-0.2, 0) is 9.63 Å². The van der Waals surface area contributed by atoms with Crippen molar-refractivity contribution in [2.45, 2.75) is 32.1 Å². The van der Waals surface area contributed by atoms with E-state index in [-0.39, 0.29) is 5.92 Å². The van der Waals surface area contributed by atoms with Crippen molar-refractivity contribution in [2.75, 3.05) is 13.2 Å². The lowest BCUT2D eigenvalue weighted by Crippen LogP contribution is -2.26. The van der Waals surface area contributed by atoms with Crippen LogP contribution < -0.4 is 0 Å². The van der Waals surface area contributed by atoms with Gasteiger partial charge < -0.3 is 0 Å². The second-order valence-electron chi connectivity index (χ2n) is 5.98. The van der Waals surface area contributed by atoms with Crippen LogP contribution in [0.15, 0.2) is 48.5 Å². The average Bonchev–Trinajstić information content (AvgIpc) is 2.92. The van der Waals surface area contributed by atoms with Crippen LogP contribution in [0.5, 0.6) is 0 Å². The second kappa shape index (κ2) is 7.42. The molecule has 120 valence electrons. The molecule has 0 aliphatic heterocycles. The number of carbonyl (C=O) groups excluding carboxylic acids is 1. The minimum Gasteiger partial charge on any atom is -0.276 e. The summed E-state index contributed by atoms with van der Waals surface area (Å²) in [5.41, 5.74) is 5.13. The summed E-state index contributed by atoms with van der Waals surface area (Å²) in [6.07, 6.45) is 4.02. The van der Waals surface area contributed by atoms with E-state index in [1.165, 1.54) is 27.3 Å². The number of benzene rings is 2. The van der Waals surface area contributed by atoms with Crippen LogP contribution in [0.1, 0.15) is 43.2 Å². The van der Waals surface area contributed by atoms with E-state index in [2.05, 4.69) is 55.5 Å². The average molecular weight is 309 g/mol. The Morgan fingerprint density at radius 3 is 2.17 bits per heavy atom. The fourth-order valence-electron chi connectivity index (χ4n) is 3.27. The molecule has 2 aromatic carbocycles. The SMILES string of the molecule is CCCCCN(C=O)OCC1c2ccccc2-c2ccccc21. The molecule has 0 unspecified atom stereocenters. The number of hydrogen-bond donors (Lipinski definition) is 0. The van der Waals surface area contributed by atoms with E-state index in [0.29, 0.717) is 13.2 Å². The summed E-state index contributed by atoms with van der Waals surface area (Å²) in [4.78, 5) is 17.0. The van der Waals surface area contributed by atoms with E-state index < -0.39 is 0 Å². The molecule has 0 aromatic heterocycles. The molecule has 0 N–H and O–H groups in total. The van der Waals surface area contributed by atoms with Crippen molar-refractivity contribution in [1.82, 2.24) is 5.06 Å². The van der Waals surface area contributed by atoms with Crippen LogP contribution in [0, 0.1) is 0 Å². The molecule has 23 heavy (non-hydrogen) atoms. The summed E-state index contributed by atoms with van der Waals surface area (Å²) in [6, 6.07) is 16.9. The molecule has 0 saturated heterocycles. The zero-order valence-electron chi connectivity index (χ0n) is 13.6. The van der Waals surface area contributed by atoms with Crippen molar-refractivity contribution in [3.8, 4) is 11.1 Å². The number of hydrogen-bond acceptors (Lipinski definition) is 2. The molecule has 3 heteroatoms. The van der Waals surface area contributed by atoms with Crippen molar-refractivity contribution in [1.29, 1.82) is 0 Å². The third-order valence-electron chi connectivity index (χ3n) is 4.47. The third-order valence-corrected chi connectivity index (χ3v) is 4.47. The van der Waals surface area contributed by atoms with Crippen molar-refractivity contribution in [3.05, 3.63) is 59.7 Å². The van der Waals surface area contributed by atoms with Gasteiger partial charge in [0.25, 0.3) is 0 Å². The predicted molar refractivity (Wildman–Crippen MR) is 92.0 cm³/mol. The quantitative estimate of drug-likeness (QED) is 0.411. The van der Waals surface area contributed by atoms with Gasteiger partial charge in [-0.15, -0.1) is 0 Å². The molecule has 0 heterocycles. The molecule has 3 nitrogen and oxygen atoms in total. The van der Waals surface area contributed by atoms with Crippen LogP contribution in [0.2, 0.25) is 0 Å². The standard InChI is InChI=1S/C20H23NO2/c1-2-3-8-13-21(15-22)23-14-20-18-11-6-4-9-16(18)17-10-5-7-12-19(17)20/h4-7,9-12,15,20H,2-3,8,13-14H2,1H3. The van der Waals surface area contributed by atoms with E-state index in [1.807, 2.05) is 0 Å². The normalized spacial score (nSPS) is 12.7. The van der Waals surface area contributed by atoms with Gasteiger partial charge in [0.15, 0.2) is 0 Å². The van der Waals surface area contributed by atoms with E-state index in [4.69, 9.17) is 4.84 Å². The van der Waals surface area contributed by atoms with Gasteiger partial charge in [0.05, 0.1) is 6.61 Å². The molecule has 1 aliphatic rings. The van der Waals surface area contributed by atoms with Crippen molar-refractivity contribution >= 4 is 6.41 Å². The molecular formula is C20H23NO2. The van der Waals surface area contributed by atoms with Crippen LogP contribution in [0.3, 0.4) is 0 Å². The van der Waals surface area contributed by atoms with Crippen molar-refractivity contribution < 1.29 is 9.63 Å². The fraction of sp³-hybridized carbons (Fsp3) is 0.350. The van der Waals surface area contributed by atoms with Crippen molar-refractivity contribution in [3.63, 3.8) is 0 Å². The maximum atomic E-state index is 11.2. The molecule has 1 amide bonds. The van der Waals surface area contributed by atoms with Gasteiger partial charge in [-0.05, 0) is 28.7 Å². The highest BCUT2D eigenvalue weighted by atomic mass is 16.7. The van der Waals surface area contributed by atoms with Crippen LogP contribution in [0.4, 0.5) is 0 Å². The van der Waals surface area contributed by atoms with Gasteiger partial charge in [0, 0.05) is 12.5 Å². The summed E-state index contributed by atoms with van der Waals surface area (Å²) in [6.45, 7) is 3.31. The zero-order valence-corrected chi connectivity index (χ0v) is 13.6. The molecule has 0 fully saturated rings. The van der Waals surface area contributed by atoms with Gasteiger partial charge in [0.1, 0.15) is 0 Å². The lowest BCUT2D eigenvalue weighted by Gasteiger charge is -2.20. The molecule has 0 atom stereocenters. The minimum atomic E-state index is 0.191. The molecule has 3 rings (SSSR count). The van der Waals surface area contributed by atoms with Gasteiger partial charge >= 0.3 is 0 Å². The van der Waals surface area contributed by atoms with Gasteiger partial charge in [-0.3, -0.25) is 9.63 Å². The Hall–Kier alpha value is -2.13. The maximum Gasteiger partial charge on any atom is 0.233 e. The number of amides is 1. The summed E-state index contributed by atoms with van der Waals surface area (Å²) in [5.74, 6) is 0.191. The first-order valence-electron chi connectivity index (χ1n) is 8.38. The first kappa shape index (κ1) is 15.8. The Labute approximate surface area is 137 Å². The molecule has 0 bridgehead atoms. The third kappa shape index (κ3) is 3.30. The lowest BCUT2D eigenvalue weighted by atomic mass is 9.98. The number of nitrogens with zero attached hydrogens (tertiary/aromatic N) is 1. The molecule has 0 saturated carbocycles. The first-order valence-corrected chi connectivity index (χ1v) is 8.38. The summed E-state index contributed by atoms with van der Waals surface area (Å²) in [5, 5.41) is 1.44. The number of unbranched alkanes of at least 4 members (excludes halogenated alkanes) is 2. The highest BCUT2D eigenvalue weighted by molar-refractivity contribution is 5.78. The second-order valence-corrected chi connectivity index (χ2v) is 5.98. The summed E-state index contributed by atoms with van der Waals surface area (Å²) in [7, 11) is 0. The van der Waals surface area contributed by atoms with E-state index >= 15 is 0 Å². The Bertz CT molecular complexity index is 623. The van der Waals surface area contributed by atoms with E-state index in [1.54, 1.807) is 0 Å². The minimum absolute atomic E-state index is 0.191. The van der Waals surface area contributed by atoms with E-state index in [9.17, 15) is 4.79 Å². The monoisotopic (exact) mass is 309 g/mol. The van der Waals surface area contributed by atoms with Crippen LogP contribution >= 0.6 is 0 Å². The largest absolute Gasteiger partial charge is 0.276 e. The van der Waals surface area contributed by atoms with Crippen LogP contribution in [-0.4, -0.2) is 24.6 Å². The fourth-order valence-corrected chi connectivity index (χ4v) is 3.27. The smallest absolute Gasteiger partial charge is 0.233 e.